The van der Waals surface area contributed by atoms with Crippen molar-refractivity contribution in [3.05, 3.63) is 11.9 Å². The van der Waals surface area contributed by atoms with Crippen LogP contribution in [0.25, 0.3) is 0 Å². The first kappa shape index (κ1) is 15.3. The summed E-state index contributed by atoms with van der Waals surface area (Å²) in [5.41, 5.74) is 0.933. The van der Waals surface area contributed by atoms with Crippen LogP contribution in [0, 0.1) is 6.92 Å². The van der Waals surface area contributed by atoms with Crippen LogP contribution < -0.4 is 10.2 Å². The van der Waals surface area contributed by atoms with Crippen molar-refractivity contribution < 1.29 is 14.0 Å². The summed E-state index contributed by atoms with van der Waals surface area (Å²) < 4.78 is 17.5. The van der Waals surface area contributed by atoms with Gasteiger partial charge in [-0.1, -0.05) is 0 Å². The number of hydrogen-bond acceptors (Lipinski definition) is 5. The second-order valence-electron chi connectivity index (χ2n) is 6.45. The zero-order chi connectivity index (χ0) is 15.1. The molecule has 0 aromatic carbocycles. The Morgan fingerprint density at radius 1 is 1.15 bits per heavy atom. The van der Waals surface area contributed by atoms with Crippen LogP contribution in [0.5, 0.6) is 6.01 Å². The normalized spacial score (nSPS) is 20.5. The fraction of sp³-hybridized carbons (Fsp3) is 0.714. The van der Waals surface area contributed by atoms with Crippen LogP contribution in [-0.2, 0) is 9.31 Å². The zero-order valence-electron chi connectivity index (χ0n) is 13.4. The van der Waals surface area contributed by atoms with Crippen molar-refractivity contribution in [2.75, 3.05) is 0 Å². The average Bonchev–Trinajstić information content (AvgIpc) is 2.46. The van der Waals surface area contributed by atoms with Crippen molar-refractivity contribution in [3.63, 3.8) is 0 Å². The molecule has 6 heteroatoms. The van der Waals surface area contributed by atoms with E-state index in [0.717, 1.165) is 11.2 Å². The molecule has 0 N–H and O–H groups in total. The van der Waals surface area contributed by atoms with Crippen LogP contribution in [0.1, 0.15) is 47.2 Å². The quantitative estimate of drug-likeness (QED) is 0.790. The second-order valence-corrected chi connectivity index (χ2v) is 6.45. The van der Waals surface area contributed by atoms with Gasteiger partial charge in [0.2, 0.25) is 0 Å². The van der Waals surface area contributed by atoms with Gasteiger partial charge in [0.25, 0.3) is 0 Å². The summed E-state index contributed by atoms with van der Waals surface area (Å²) in [6.07, 6.45) is 1.78. The first-order chi connectivity index (χ1) is 9.12. The highest BCUT2D eigenvalue weighted by Crippen LogP contribution is 2.36. The van der Waals surface area contributed by atoms with Gasteiger partial charge in [0.1, 0.15) is 0 Å². The molecule has 1 saturated heterocycles. The topological polar surface area (TPSA) is 53.5 Å². The van der Waals surface area contributed by atoms with Crippen LogP contribution in [0.2, 0.25) is 0 Å². The van der Waals surface area contributed by atoms with Gasteiger partial charge in [0.15, 0.2) is 0 Å². The van der Waals surface area contributed by atoms with Crippen molar-refractivity contribution in [3.8, 4) is 6.01 Å². The van der Waals surface area contributed by atoms with E-state index in [9.17, 15) is 0 Å². The van der Waals surface area contributed by atoms with Crippen LogP contribution in [-0.4, -0.2) is 34.4 Å². The van der Waals surface area contributed by atoms with Gasteiger partial charge >= 0.3 is 13.1 Å². The van der Waals surface area contributed by atoms with E-state index in [1.54, 1.807) is 6.20 Å². The van der Waals surface area contributed by atoms with Crippen LogP contribution >= 0.6 is 0 Å². The second kappa shape index (κ2) is 5.00. The lowest BCUT2D eigenvalue weighted by Crippen LogP contribution is -2.41. The molecule has 5 nitrogen and oxygen atoms in total. The minimum Gasteiger partial charge on any atom is -0.461 e. The van der Waals surface area contributed by atoms with Gasteiger partial charge < -0.3 is 14.0 Å². The molecule has 0 radical (unpaired) electrons. The molecule has 110 valence electrons. The molecule has 0 saturated carbocycles. The van der Waals surface area contributed by atoms with Crippen LogP contribution in [0.15, 0.2) is 6.20 Å². The van der Waals surface area contributed by atoms with Crippen LogP contribution in [0.3, 0.4) is 0 Å². The summed E-state index contributed by atoms with van der Waals surface area (Å²) >= 11 is 0. The number of nitrogens with zero attached hydrogens (tertiary/aromatic N) is 2. The standard InChI is InChI=1S/C14H23BN2O3/c1-9(2)18-12-16-8-11(10(3)17-12)15-19-13(4,5)14(6,7)20-15/h8-9H,1-7H3. The molecule has 0 unspecified atom stereocenters. The molecule has 1 fully saturated rings. The predicted octanol–water partition coefficient (Wildman–Crippen LogP) is 1.87. The fourth-order valence-corrected chi connectivity index (χ4v) is 1.92. The van der Waals surface area contributed by atoms with Crippen molar-refractivity contribution in [2.45, 2.75) is 65.8 Å². The molecular formula is C14H23BN2O3. The van der Waals surface area contributed by atoms with Crippen molar-refractivity contribution in [2.24, 2.45) is 0 Å². The Morgan fingerprint density at radius 2 is 1.70 bits per heavy atom. The third kappa shape index (κ3) is 2.81. The molecule has 2 rings (SSSR count). The molecule has 1 aromatic rings. The summed E-state index contributed by atoms with van der Waals surface area (Å²) in [5, 5.41) is 0. The highest BCUT2D eigenvalue weighted by Gasteiger charge is 2.52. The molecule has 0 atom stereocenters. The van der Waals surface area contributed by atoms with E-state index in [1.807, 2.05) is 48.5 Å². The maximum Gasteiger partial charge on any atom is 0.498 e. The zero-order valence-corrected chi connectivity index (χ0v) is 13.4. The predicted molar refractivity (Wildman–Crippen MR) is 78.2 cm³/mol. The van der Waals surface area contributed by atoms with E-state index in [1.165, 1.54) is 0 Å². The SMILES string of the molecule is Cc1nc(OC(C)C)ncc1B1OC(C)(C)C(C)(C)O1. The van der Waals surface area contributed by atoms with E-state index < -0.39 is 7.12 Å². The highest BCUT2D eigenvalue weighted by atomic mass is 16.7. The van der Waals surface area contributed by atoms with Gasteiger partial charge in [0, 0.05) is 17.4 Å². The lowest BCUT2D eigenvalue weighted by molar-refractivity contribution is 0.00578. The Balaban J connectivity index is 2.23. The molecule has 1 aromatic heterocycles. The number of aromatic nitrogens is 2. The van der Waals surface area contributed by atoms with Crippen molar-refractivity contribution in [1.82, 2.24) is 9.97 Å². The van der Waals surface area contributed by atoms with Crippen molar-refractivity contribution in [1.29, 1.82) is 0 Å². The molecule has 0 amide bonds. The molecule has 0 spiro atoms. The third-order valence-electron chi connectivity index (χ3n) is 3.84. The number of ether oxygens (including phenoxy) is 1. The minimum absolute atomic E-state index is 0.0529. The molecular weight excluding hydrogens is 255 g/mol. The summed E-state index contributed by atoms with van der Waals surface area (Å²) in [5.74, 6) is 0. The van der Waals surface area contributed by atoms with Gasteiger partial charge in [-0.2, -0.15) is 0 Å². The third-order valence-corrected chi connectivity index (χ3v) is 3.84. The summed E-state index contributed by atoms with van der Waals surface area (Å²) in [7, 11) is -0.437. The van der Waals surface area contributed by atoms with E-state index in [2.05, 4.69) is 9.97 Å². The number of aryl methyl sites for hydroxylation is 1. The maximum atomic E-state index is 6.01. The van der Waals surface area contributed by atoms with E-state index in [0.29, 0.717) is 6.01 Å². The summed E-state index contributed by atoms with van der Waals surface area (Å²) in [4.78, 5) is 8.59. The smallest absolute Gasteiger partial charge is 0.461 e. The van der Waals surface area contributed by atoms with Crippen LogP contribution in [0.4, 0.5) is 0 Å². The van der Waals surface area contributed by atoms with Gasteiger partial charge in [-0.15, -0.1) is 0 Å². The van der Waals surface area contributed by atoms with Gasteiger partial charge in [0.05, 0.1) is 17.3 Å². The monoisotopic (exact) mass is 278 g/mol. The molecule has 1 aliphatic heterocycles. The van der Waals surface area contributed by atoms with Gasteiger partial charge in [-0.3, -0.25) is 0 Å². The Morgan fingerprint density at radius 3 is 2.15 bits per heavy atom. The van der Waals surface area contributed by atoms with E-state index >= 15 is 0 Å². The van der Waals surface area contributed by atoms with E-state index in [4.69, 9.17) is 14.0 Å². The Bertz CT molecular complexity index is 487. The number of rotatable bonds is 3. The first-order valence-corrected chi connectivity index (χ1v) is 6.98. The highest BCUT2D eigenvalue weighted by molar-refractivity contribution is 6.62. The number of hydrogen-bond donors (Lipinski definition) is 0. The Labute approximate surface area is 121 Å². The molecule has 2 heterocycles. The Kier molecular flexibility index (Phi) is 3.82. The average molecular weight is 278 g/mol. The molecule has 1 aliphatic rings. The Hall–Kier alpha value is -1.14. The van der Waals surface area contributed by atoms with Gasteiger partial charge in [-0.25, -0.2) is 9.97 Å². The molecule has 20 heavy (non-hydrogen) atoms. The lowest BCUT2D eigenvalue weighted by atomic mass is 9.79. The largest absolute Gasteiger partial charge is 0.498 e. The summed E-state index contributed by atoms with van der Waals surface area (Å²) in [6, 6.07) is 0.387. The van der Waals surface area contributed by atoms with Crippen molar-refractivity contribution >= 4 is 12.6 Å². The molecule has 0 aliphatic carbocycles. The fourth-order valence-electron chi connectivity index (χ4n) is 1.92. The molecule has 0 bridgehead atoms. The maximum absolute atomic E-state index is 6.01. The first-order valence-electron chi connectivity index (χ1n) is 6.98. The lowest BCUT2D eigenvalue weighted by Gasteiger charge is -2.32. The minimum atomic E-state index is -0.437. The summed E-state index contributed by atoms with van der Waals surface area (Å²) in [6.45, 7) is 13.9. The van der Waals surface area contributed by atoms with E-state index in [-0.39, 0.29) is 17.3 Å². The van der Waals surface area contributed by atoms with Gasteiger partial charge in [-0.05, 0) is 48.5 Å².